The number of rotatable bonds is 8. The van der Waals surface area contributed by atoms with E-state index in [1.165, 1.54) is 0 Å². The molecule has 3 aromatic rings. The fraction of sp³-hybridized carbons (Fsp3) is 0.304. The fourth-order valence-electron chi connectivity index (χ4n) is 3.02. The van der Waals surface area contributed by atoms with E-state index < -0.39 is 0 Å². The van der Waals surface area contributed by atoms with Crippen LogP contribution in [0.25, 0.3) is 0 Å². The van der Waals surface area contributed by atoms with Crippen LogP contribution in [0.1, 0.15) is 52.8 Å². The Morgan fingerprint density at radius 1 is 1.17 bits per heavy atom. The van der Waals surface area contributed by atoms with Crippen molar-refractivity contribution in [2.75, 3.05) is 6.61 Å². The molecule has 0 fully saturated rings. The Balaban J connectivity index is 1.69. The van der Waals surface area contributed by atoms with Crippen molar-refractivity contribution >= 4 is 17.7 Å². The first-order chi connectivity index (χ1) is 14.0. The highest BCUT2D eigenvalue weighted by Crippen LogP contribution is 2.29. The second-order valence-electron chi connectivity index (χ2n) is 6.78. The zero-order valence-electron chi connectivity index (χ0n) is 17.2. The Morgan fingerprint density at radius 3 is 2.55 bits per heavy atom. The van der Waals surface area contributed by atoms with E-state index in [4.69, 9.17) is 9.26 Å². The molecule has 1 aromatic heterocycles. The van der Waals surface area contributed by atoms with E-state index in [1.807, 2.05) is 76.2 Å². The number of carbonyl (C=O) groups is 1. The van der Waals surface area contributed by atoms with Crippen LogP contribution in [0.15, 0.2) is 57.9 Å². The lowest BCUT2D eigenvalue weighted by Gasteiger charge is -2.16. The van der Waals surface area contributed by atoms with Crippen molar-refractivity contribution in [2.24, 2.45) is 0 Å². The molecule has 5 nitrogen and oxygen atoms in total. The number of hydrogen-bond acceptors (Lipinski definition) is 5. The van der Waals surface area contributed by atoms with Crippen LogP contribution in [-0.4, -0.2) is 17.7 Å². The largest absolute Gasteiger partial charge is 0.494 e. The molecule has 0 aliphatic carbocycles. The number of aryl methyl sites for hydroxylation is 2. The molecule has 1 unspecified atom stereocenters. The van der Waals surface area contributed by atoms with E-state index in [2.05, 4.69) is 10.5 Å². The molecule has 0 saturated heterocycles. The summed E-state index contributed by atoms with van der Waals surface area (Å²) in [7, 11) is 0. The summed E-state index contributed by atoms with van der Waals surface area (Å²) >= 11 is 1.61. The summed E-state index contributed by atoms with van der Waals surface area (Å²) in [6.45, 7) is 8.41. The lowest BCUT2D eigenvalue weighted by Crippen LogP contribution is -2.27. The lowest BCUT2D eigenvalue weighted by molar-refractivity contribution is 0.0937. The molecule has 0 bridgehead atoms. The molecule has 0 aliphatic rings. The van der Waals surface area contributed by atoms with Gasteiger partial charge in [0.05, 0.1) is 23.9 Å². The molecule has 3 rings (SSSR count). The smallest absolute Gasteiger partial charge is 0.252 e. The van der Waals surface area contributed by atoms with Gasteiger partial charge in [0.15, 0.2) is 0 Å². The summed E-state index contributed by atoms with van der Waals surface area (Å²) in [6.07, 6.45) is 0. The molecule has 1 amide bonds. The van der Waals surface area contributed by atoms with E-state index >= 15 is 0 Å². The van der Waals surface area contributed by atoms with Crippen LogP contribution in [0.2, 0.25) is 0 Å². The monoisotopic (exact) mass is 410 g/mol. The molecular weight excluding hydrogens is 384 g/mol. The predicted molar refractivity (Wildman–Crippen MR) is 115 cm³/mol. The summed E-state index contributed by atoms with van der Waals surface area (Å²) in [4.78, 5) is 13.9. The molecule has 1 atom stereocenters. The van der Waals surface area contributed by atoms with Gasteiger partial charge < -0.3 is 14.6 Å². The van der Waals surface area contributed by atoms with Gasteiger partial charge in [-0.15, -0.1) is 11.8 Å². The molecule has 6 heteroatoms. The Labute approximate surface area is 175 Å². The maximum Gasteiger partial charge on any atom is 0.252 e. The number of carbonyl (C=O) groups excluding carboxylic acids is 1. The number of thioether (sulfide) groups is 1. The Hall–Kier alpha value is -2.73. The molecule has 2 aromatic carbocycles. The number of amides is 1. The Kier molecular flexibility index (Phi) is 6.99. The highest BCUT2D eigenvalue weighted by atomic mass is 32.2. The number of ether oxygens (including phenoxy) is 1. The molecule has 0 aliphatic heterocycles. The van der Waals surface area contributed by atoms with Gasteiger partial charge in [-0.25, -0.2) is 0 Å². The van der Waals surface area contributed by atoms with E-state index in [-0.39, 0.29) is 11.9 Å². The van der Waals surface area contributed by atoms with Crippen LogP contribution in [0.5, 0.6) is 5.75 Å². The third-order valence-electron chi connectivity index (χ3n) is 4.72. The highest BCUT2D eigenvalue weighted by Gasteiger charge is 2.16. The van der Waals surface area contributed by atoms with E-state index in [1.54, 1.807) is 11.8 Å². The van der Waals surface area contributed by atoms with Crippen LogP contribution in [-0.2, 0) is 5.75 Å². The van der Waals surface area contributed by atoms with E-state index in [0.29, 0.717) is 17.9 Å². The first-order valence-electron chi connectivity index (χ1n) is 9.66. The van der Waals surface area contributed by atoms with Gasteiger partial charge in [-0.3, -0.25) is 4.79 Å². The molecule has 152 valence electrons. The SMILES string of the molecule is CCOc1ccc(C(C)NC(=O)c2ccccc2SCc2c(C)noc2C)cc1. The van der Waals surface area contributed by atoms with Crippen molar-refractivity contribution in [3.8, 4) is 5.75 Å². The average Bonchev–Trinajstić information content (AvgIpc) is 3.05. The topological polar surface area (TPSA) is 64.4 Å². The van der Waals surface area contributed by atoms with Crippen molar-refractivity contribution in [3.63, 3.8) is 0 Å². The molecule has 29 heavy (non-hydrogen) atoms. The number of aromatic nitrogens is 1. The Morgan fingerprint density at radius 2 is 1.90 bits per heavy atom. The normalized spacial score (nSPS) is 11.9. The van der Waals surface area contributed by atoms with Crippen LogP contribution in [0.3, 0.4) is 0 Å². The van der Waals surface area contributed by atoms with Crippen LogP contribution in [0, 0.1) is 13.8 Å². The van der Waals surface area contributed by atoms with Crippen LogP contribution >= 0.6 is 11.8 Å². The maximum atomic E-state index is 12.9. The summed E-state index contributed by atoms with van der Waals surface area (Å²) in [6, 6.07) is 15.4. The number of nitrogens with zero attached hydrogens (tertiary/aromatic N) is 1. The van der Waals surface area contributed by atoms with E-state index in [0.717, 1.165) is 33.2 Å². The quantitative estimate of drug-likeness (QED) is 0.499. The number of benzene rings is 2. The third kappa shape index (κ3) is 5.21. The summed E-state index contributed by atoms with van der Waals surface area (Å²) in [5.74, 6) is 2.27. The summed E-state index contributed by atoms with van der Waals surface area (Å²) in [5.41, 5.74) is 3.67. The minimum atomic E-state index is -0.112. The zero-order valence-corrected chi connectivity index (χ0v) is 18.0. The van der Waals surface area contributed by atoms with Crippen LogP contribution < -0.4 is 10.1 Å². The molecular formula is C23H26N2O3S. The molecule has 0 saturated carbocycles. The second kappa shape index (κ2) is 9.65. The van der Waals surface area contributed by atoms with Gasteiger partial charge in [0.1, 0.15) is 11.5 Å². The zero-order chi connectivity index (χ0) is 20.8. The summed E-state index contributed by atoms with van der Waals surface area (Å²) < 4.78 is 10.7. The third-order valence-corrected chi connectivity index (χ3v) is 5.82. The van der Waals surface area contributed by atoms with Gasteiger partial charge in [-0.1, -0.05) is 29.4 Å². The first kappa shape index (κ1) is 21.0. The van der Waals surface area contributed by atoms with Crippen molar-refractivity contribution in [2.45, 2.75) is 44.4 Å². The minimum Gasteiger partial charge on any atom is -0.494 e. The van der Waals surface area contributed by atoms with Gasteiger partial charge in [-0.05, 0) is 57.5 Å². The van der Waals surface area contributed by atoms with Gasteiger partial charge in [0.2, 0.25) is 0 Å². The molecule has 1 heterocycles. The van der Waals surface area contributed by atoms with E-state index in [9.17, 15) is 4.79 Å². The maximum absolute atomic E-state index is 12.9. The standard InChI is InChI=1S/C23H26N2O3S/c1-5-27-19-12-10-18(11-13-19)15(2)24-23(26)20-8-6-7-9-22(20)29-14-21-16(3)25-28-17(21)4/h6-13,15H,5,14H2,1-4H3,(H,24,26). The van der Waals surface area contributed by atoms with Crippen molar-refractivity contribution < 1.29 is 14.1 Å². The van der Waals surface area contributed by atoms with Gasteiger partial charge >= 0.3 is 0 Å². The molecule has 1 N–H and O–H groups in total. The molecule has 0 spiro atoms. The number of hydrogen-bond donors (Lipinski definition) is 1. The average molecular weight is 411 g/mol. The van der Waals surface area contributed by atoms with Crippen molar-refractivity contribution in [1.29, 1.82) is 0 Å². The molecule has 0 radical (unpaired) electrons. The Bertz CT molecular complexity index is 947. The first-order valence-corrected chi connectivity index (χ1v) is 10.6. The summed E-state index contributed by atoms with van der Waals surface area (Å²) in [5, 5.41) is 7.10. The van der Waals surface area contributed by atoms with Crippen molar-refractivity contribution in [3.05, 3.63) is 76.7 Å². The van der Waals surface area contributed by atoms with Gasteiger partial charge in [-0.2, -0.15) is 0 Å². The second-order valence-corrected chi connectivity index (χ2v) is 7.80. The van der Waals surface area contributed by atoms with Gasteiger partial charge in [0.25, 0.3) is 5.91 Å². The van der Waals surface area contributed by atoms with Crippen molar-refractivity contribution in [1.82, 2.24) is 10.5 Å². The van der Waals surface area contributed by atoms with Gasteiger partial charge in [0, 0.05) is 16.2 Å². The number of nitrogens with one attached hydrogen (secondary N) is 1. The van der Waals surface area contributed by atoms with Crippen LogP contribution in [0.4, 0.5) is 0 Å². The highest BCUT2D eigenvalue weighted by molar-refractivity contribution is 7.98. The fourth-order valence-corrected chi connectivity index (χ4v) is 4.22. The predicted octanol–water partition coefficient (Wildman–Crippen LogP) is 5.47. The lowest BCUT2D eigenvalue weighted by atomic mass is 10.1. The minimum absolute atomic E-state index is 0.0896.